The lowest BCUT2D eigenvalue weighted by Gasteiger charge is -2.22. The van der Waals surface area contributed by atoms with Crippen LogP contribution in [0.2, 0.25) is 0 Å². The summed E-state index contributed by atoms with van der Waals surface area (Å²) in [5, 5.41) is 6.59. The molecular formula is C16H22N4O. The van der Waals surface area contributed by atoms with Crippen LogP contribution in [-0.2, 0) is 6.54 Å². The average molecular weight is 286 g/mol. The number of rotatable bonds is 3. The molecule has 0 radical (unpaired) electrons. The van der Waals surface area contributed by atoms with Crippen LogP contribution in [0.1, 0.15) is 44.0 Å². The van der Waals surface area contributed by atoms with Gasteiger partial charge in [-0.1, -0.05) is 0 Å². The maximum Gasteiger partial charge on any atom is 0.254 e. The van der Waals surface area contributed by atoms with Gasteiger partial charge in [0.15, 0.2) is 0 Å². The number of carbonyl (C=O) groups excluding carboxylic acids is 1. The van der Waals surface area contributed by atoms with Gasteiger partial charge in [-0.05, 0) is 62.4 Å². The second-order valence-electron chi connectivity index (χ2n) is 5.59. The molecule has 0 aliphatic carbocycles. The van der Waals surface area contributed by atoms with Crippen LogP contribution in [-0.4, -0.2) is 33.0 Å². The Morgan fingerprint density at radius 3 is 2.05 bits per heavy atom. The molecule has 1 N–H and O–H groups in total. The number of hydrogen-bond acceptors (Lipinski definition) is 3. The number of hydrogen-bond donors (Lipinski definition) is 1. The first-order chi connectivity index (χ1) is 9.84. The first-order valence-electron chi connectivity index (χ1n) is 7.01. The molecule has 0 aliphatic rings. The Morgan fingerprint density at radius 1 is 1.05 bits per heavy atom. The number of amides is 1. The first kappa shape index (κ1) is 15.2. The van der Waals surface area contributed by atoms with E-state index >= 15 is 0 Å². The summed E-state index contributed by atoms with van der Waals surface area (Å²) < 4.78 is 0. The van der Waals surface area contributed by atoms with E-state index in [1.54, 1.807) is 11.9 Å². The van der Waals surface area contributed by atoms with Crippen molar-refractivity contribution >= 4 is 5.91 Å². The predicted molar refractivity (Wildman–Crippen MR) is 82.3 cm³/mol. The van der Waals surface area contributed by atoms with Crippen molar-refractivity contribution in [2.75, 3.05) is 7.05 Å². The van der Waals surface area contributed by atoms with E-state index in [1.807, 2.05) is 13.8 Å². The van der Waals surface area contributed by atoms with Gasteiger partial charge in [-0.3, -0.25) is 9.89 Å². The van der Waals surface area contributed by atoms with Crippen LogP contribution in [0.4, 0.5) is 0 Å². The number of benzene rings is 1. The first-order valence-corrected chi connectivity index (χ1v) is 7.01. The second-order valence-corrected chi connectivity index (χ2v) is 5.59. The topological polar surface area (TPSA) is 61.9 Å². The van der Waals surface area contributed by atoms with E-state index in [0.717, 1.165) is 16.7 Å². The fourth-order valence-corrected chi connectivity index (χ4v) is 2.62. The third-order valence-electron chi connectivity index (χ3n) is 4.41. The monoisotopic (exact) mass is 286 g/mol. The van der Waals surface area contributed by atoms with Crippen molar-refractivity contribution in [3.05, 3.63) is 45.5 Å². The number of H-pyrrole nitrogens is 1. The Bertz CT molecular complexity index is 645. The molecule has 0 unspecified atom stereocenters. The summed E-state index contributed by atoms with van der Waals surface area (Å²) >= 11 is 0. The van der Waals surface area contributed by atoms with Crippen LogP contribution in [0.15, 0.2) is 6.33 Å². The minimum absolute atomic E-state index is 0.0209. The summed E-state index contributed by atoms with van der Waals surface area (Å²) in [7, 11) is 1.79. The zero-order valence-corrected chi connectivity index (χ0v) is 13.5. The molecule has 1 aromatic carbocycles. The maximum absolute atomic E-state index is 12.8. The van der Waals surface area contributed by atoms with Crippen molar-refractivity contribution in [3.63, 3.8) is 0 Å². The Hall–Kier alpha value is -2.17. The van der Waals surface area contributed by atoms with E-state index in [4.69, 9.17) is 0 Å². The molecule has 21 heavy (non-hydrogen) atoms. The third kappa shape index (κ3) is 2.68. The molecule has 0 aliphatic heterocycles. The molecule has 5 heteroatoms. The highest BCUT2D eigenvalue weighted by Crippen LogP contribution is 2.27. The smallest absolute Gasteiger partial charge is 0.254 e. The van der Waals surface area contributed by atoms with Crippen LogP contribution in [0.25, 0.3) is 0 Å². The zero-order chi connectivity index (χ0) is 15.7. The fraction of sp³-hybridized carbons (Fsp3) is 0.438. The molecule has 1 heterocycles. The molecule has 0 spiro atoms. The molecule has 0 saturated carbocycles. The molecule has 5 nitrogen and oxygen atoms in total. The van der Waals surface area contributed by atoms with Crippen LogP contribution in [0, 0.1) is 34.6 Å². The van der Waals surface area contributed by atoms with E-state index in [-0.39, 0.29) is 5.91 Å². The van der Waals surface area contributed by atoms with Gasteiger partial charge in [-0.15, -0.1) is 0 Å². The van der Waals surface area contributed by atoms with Crippen molar-refractivity contribution in [3.8, 4) is 0 Å². The Labute approximate surface area is 125 Å². The summed E-state index contributed by atoms with van der Waals surface area (Å²) in [5.41, 5.74) is 6.57. The lowest BCUT2D eigenvalue weighted by atomic mass is 9.89. The molecule has 0 atom stereocenters. The van der Waals surface area contributed by atoms with Crippen molar-refractivity contribution in [1.82, 2.24) is 20.1 Å². The molecule has 112 valence electrons. The van der Waals surface area contributed by atoms with Gasteiger partial charge in [0.1, 0.15) is 12.2 Å². The molecular weight excluding hydrogens is 264 g/mol. The van der Waals surface area contributed by atoms with E-state index in [0.29, 0.717) is 12.4 Å². The molecule has 2 rings (SSSR count). The maximum atomic E-state index is 12.8. The Balaban J connectivity index is 2.39. The lowest BCUT2D eigenvalue weighted by Crippen LogP contribution is -2.28. The molecule has 1 aromatic heterocycles. The quantitative estimate of drug-likeness (QED) is 0.943. The molecule has 0 saturated heterocycles. The highest BCUT2D eigenvalue weighted by atomic mass is 16.2. The van der Waals surface area contributed by atoms with Gasteiger partial charge in [0, 0.05) is 12.6 Å². The van der Waals surface area contributed by atoms with Crippen molar-refractivity contribution in [2.45, 2.75) is 41.2 Å². The Kier molecular flexibility index (Phi) is 4.11. The molecule has 0 bridgehead atoms. The van der Waals surface area contributed by atoms with Crippen LogP contribution < -0.4 is 0 Å². The number of nitrogens with one attached hydrogen (secondary N) is 1. The van der Waals surface area contributed by atoms with Crippen molar-refractivity contribution < 1.29 is 4.79 Å². The standard InChI is InChI=1S/C16H22N4O/c1-9-10(2)12(4)15(13(5)11(9)3)16(21)20(6)7-14-17-8-18-19-14/h8H,7H2,1-6H3,(H,17,18,19). The number of carbonyl (C=O) groups is 1. The summed E-state index contributed by atoms with van der Waals surface area (Å²) in [6, 6.07) is 0. The number of aromatic amines is 1. The van der Waals surface area contributed by atoms with E-state index in [2.05, 4.69) is 36.0 Å². The van der Waals surface area contributed by atoms with E-state index in [1.165, 1.54) is 23.0 Å². The largest absolute Gasteiger partial charge is 0.334 e. The van der Waals surface area contributed by atoms with Gasteiger partial charge < -0.3 is 4.90 Å². The summed E-state index contributed by atoms with van der Waals surface area (Å²) in [6.45, 7) is 10.7. The van der Waals surface area contributed by atoms with E-state index < -0.39 is 0 Å². The van der Waals surface area contributed by atoms with Crippen molar-refractivity contribution in [1.29, 1.82) is 0 Å². The highest BCUT2D eigenvalue weighted by molar-refractivity contribution is 5.97. The molecule has 2 aromatic rings. The van der Waals surface area contributed by atoms with Crippen molar-refractivity contribution in [2.24, 2.45) is 0 Å². The van der Waals surface area contributed by atoms with Gasteiger partial charge in [0.05, 0.1) is 6.54 Å². The van der Waals surface area contributed by atoms with Crippen LogP contribution in [0.3, 0.4) is 0 Å². The van der Waals surface area contributed by atoms with Gasteiger partial charge in [-0.25, -0.2) is 4.98 Å². The van der Waals surface area contributed by atoms with Gasteiger partial charge in [-0.2, -0.15) is 5.10 Å². The van der Waals surface area contributed by atoms with Crippen LogP contribution >= 0.6 is 0 Å². The molecule has 0 fully saturated rings. The normalized spacial score (nSPS) is 10.8. The summed E-state index contributed by atoms with van der Waals surface area (Å²) in [4.78, 5) is 18.5. The van der Waals surface area contributed by atoms with Crippen LogP contribution in [0.5, 0.6) is 0 Å². The predicted octanol–water partition coefficient (Wildman–Crippen LogP) is 2.62. The third-order valence-corrected chi connectivity index (χ3v) is 4.41. The van der Waals surface area contributed by atoms with Gasteiger partial charge in [0.25, 0.3) is 5.91 Å². The minimum Gasteiger partial charge on any atom is -0.334 e. The summed E-state index contributed by atoms with van der Waals surface area (Å²) in [6.07, 6.45) is 1.45. The zero-order valence-electron chi connectivity index (χ0n) is 13.5. The van der Waals surface area contributed by atoms with E-state index in [9.17, 15) is 4.79 Å². The van der Waals surface area contributed by atoms with Gasteiger partial charge in [0.2, 0.25) is 0 Å². The number of aromatic nitrogens is 3. The average Bonchev–Trinajstić information content (AvgIpc) is 2.96. The lowest BCUT2D eigenvalue weighted by molar-refractivity contribution is 0.0780. The number of nitrogens with zero attached hydrogens (tertiary/aromatic N) is 3. The highest BCUT2D eigenvalue weighted by Gasteiger charge is 2.21. The fourth-order valence-electron chi connectivity index (χ4n) is 2.62. The minimum atomic E-state index is 0.0209. The SMILES string of the molecule is Cc1c(C)c(C)c(C(=O)N(C)Cc2ncn[nH]2)c(C)c1C. The molecule has 1 amide bonds. The Morgan fingerprint density at radius 2 is 1.57 bits per heavy atom. The van der Waals surface area contributed by atoms with Gasteiger partial charge >= 0.3 is 0 Å². The second kappa shape index (κ2) is 5.68. The summed E-state index contributed by atoms with van der Waals surface area (Å²) in [5.74, 6) is 0.703.